The lowest BCUT2D eigenvalue weighted by Crippen LogP contribution is -2.55. The second-order valence-corrected chi connectivity index (χ2v) is 8.05. The van der Waals surface area contributed by atoms with E-state index in [-0.39, 0.29) is 12.5 Å². The molecule has 3 N–H and O–H groups in total. The summed E-state index contributed by atoms with van der Waals surface area (Å²) in [5.41, 5.74) is 9.51. The minimum Gasteiger partial charge on any atom is -0.489 e. The van der Waals surface area contributed by atoms with Crippen LogP contribution in [0, 0.1) is 6.92 Å². The Bertz CT molecular complexity index is 1080. The average Bonchev–Trinajstić information content (AvgIpc) is 2.93. The minimum absolute atomic E-state index is 0.110. The molecule has 0 saturated heterocycles. The number of carbonyl (C=O) groups excluding carboxylic acids is 2. The van der Waals surface area contributed by atoms with Crippen LogP contribution in [0.4, 0.5) is 5.69 Å². The third-order valence-electron chi connectivity index (χ3n) is 5.62. The number of amides is 2. The highest BCUT2D eigenvalue weighted by molar-refractivity contribution is 5.99. The fraction of sp³-hybridized carbons (Fsp3) is 0.231. The maximum absolute atomic E-state index is 13.6. The van der Waals surface area contributed by atoms with Crippen LogP contribution in [0.2, 0.25) is 0 Å². The molecule has 164 valence electrons. The van der Waals surface area contributed by atoms with Gasteiger partial charge in [-0.3, -0.25) is 14.9 Å². The van der Waals surface area contributed by atoms with Gasteiger partial charge in [-0.05, 0) is 36.6 Å². The lowest BCUT2D eigenvalue weighted by molar-refractivity contribution is -0.123. The van der Waals surface area contributed by atoms with Crippen molar-refractivity contribution in [2.24, 2.45) is 5.73 Å². The molecule has 2 amide bonds. The number of aryl methyl sites for hydroxylation is 1. The largest absolute Gasteiger partial charge is 0.489 e. The number of para-hydroxylation sites is 2. The third kappa shape index (κ3) is 4.98. The van der Waals surface area contributed by atoms with E-state index in [1.165, 1.54) is 0 Å². The van der Waals surface area contributed by atoms with E-state index in [1.807, 2.05) is 85.8 Å². The molecular weight excluding hydrogens is 402 g/mol. The van der Waals surface area contributed by atoms with Crippen LogP contribution < -0.4 is 20.7 Å². The number of carbonyl (C=O) groups is 2. The van der Waals surface area contributed by atoms with E-state index in [4.69, 9.17) is 10.5 Å². The highest BCUT2D eigenvalue weighted by Crippen LogP contribution is 2.32. The van der Waals surface area contributed by atoms with Gasteiger partial charge in [-0.2, -0.15) is 0 Å². The van der Waals surface area contributed by atoms with Crippen molar-refractivity contribution in [1.82, 2.24) is 5.32 Å². The lowest BCUT2D eigenvalue weighted by Gasteiger charge is -2.27. The van der Waals surface area contributed by atoms with Crippen LogP contribution >= 0.6 is 0 Å². The van der Waals surface area contributed by atoms with E-state index in [0.717, 1.165) is 16.7 Å². The van der Waals surface area contributed by atoms with Gasteiger partial charge in [0.1, 0.15) is 18.4 Å². The number of nitrogens with zero attached hydrogens (tertiary/aromatic N) is 1. The summed E-state index contributed by atoms with van der Waals surface area (Å²) in [5, 5.41) is 3.16. The Hall–Kier alpha value is -3.64. The quantitative estimate of drug-likeness (QED) is 0.605. The van der Waals surface area contributed by atoms with Gasteiger partial charge in [-0.15, -0.1) is 0 Å². The van der Waals surface area contributed by atoms with Crippen molar-refractivity contribution in [1.29, 1.82) is 0 Å². The minimum atomic E-state index is -0.714. The van der Waals surface area contributed by atoms with Crippen molar-refractivity contribution in [2.45, 2.75) is 32.0 Å². The van der Waals surface area contributed by atoms with Gasteiger partial charge in [0.2, 0.25) is 11.8 Å². The van der Waals surface area contributed by atoms with Crippen molar-refractivity contribution in [3.8, 4) is 5.75 Å². The maximum atomic E-state index is 13.6. The van der Waals surface area contributed by atoms with Crippen LogP contribution in [0.25, 0.3) is 0 Å². The molecule has 2 atom stereocenters. The molecule has 6 nitrogen and oxygen atoms in total. The second-order valence-electron chi connectivity index (χ2n) is 8.05. The molecule has 3 aromatic carbocycles. The van der Waals surface area contributed by atoms with Crippen molar-refractivity contribution in [3.63, 3.8) is 0 Å². The van der Waals surface area contributed by atoms with Gasteiger partial charge < -0.3 is 15.4 Å². The van der Waals surface area contributed by atoms with Gasteiger partial charge in [0.15, 0.2) is 0 Å². The third-order valence-corrected chi connectivity index (χ3v) is 5.62. The van der Waals surface area contributed by atoms with E-state index in [0.29, 0.717) is 24.4 Å². The number of primary amides is 1. The Morgan fingerprint density at radius 2 is 1.72 bits per heavy atom. The first kappa shape index (κ1) is 21.6. The van der Waals surface area contributed by atoms with Crippen molar-refractivity contribution < 1.29 is 14.3 Å². The molecule has 4 rings (SSSR count). The molecule has 1 unspecified atom stereocenters. The normalized spacial score (nSPS) is 16.6. The van der Waals surface area contributed by atoms with Crippen molar-refractivity contribution in [2.75, 3.05) is 11.5 Å². The molecule has 0 saturated carbocycles. The maximum Gasteiger partial charge on any atom is 0.248 e. The number of hydrogen-bond donors (Lipinski definition) is 2. The topological polar surface area (TPSA) is 84.7 Å². The molecule has 3 aromatic rings. The van der Waals surface area contributed by atoms with Crippen LogP contribution in [0.15, 0.2) is 78.9 Å². The van der Waals surface area contributed by atoms with Crippen LogP contribution in [-0.4, -0.2) is 30.5 Å². The molecule has 1 aliphatic rings. The average molecular weight is 430 g/mol. The Balaban J connectivity index is 1.60. The predicted molar refractivity (Wildman–Crippen MR) is 124 cm³/mol. The molecule has 0 bridgehead atoms. The number of fused-ring (bicyclic) bond motifs is 1. The second kappa shape index (κ2) is 9.66. The number of rotatable bonds is 7. The Morgan fingerprint density at radius 1 is 1.03 bits per heavy atom. The SMILES string of the molecule is Cc1ccc(CN2C(=O)C(N[C@@H](Cc3ccccc3)C(N)=O)COc3ccccc32)cc1. The van der Waals surface area contributed by atoms with Gasteiger partial charge >= 0.3 is 0 Å². The number of nitrogens with one attached hydrogen (secondary N) is 1. The summed E-state index contributed by atoms with van der Waals surface area (Å²) >= 11 is 0. The van der Waals surface area contributed by atoms with E-state index in [2.05, 4.69) is 5.32 Å². The molecule has 6 heteroatoms. The number of ether oxygens (including phenoxy) is 1. The zero-order valence-corrected chi connectivity index (χ0v) is 18.0. The summed E-state index contributed by atoms with van der Waals surface area (Å²) in [4.78, 5) is 27.5. The lowest BCUT2D eigenvalue weighted by atomic mass is 10.0. The van der Waals surface area contributed by atoms with Crippen LogP contribution in [0.3, 0.4) is 0 Å². The number of hydrogen-bond acceptors (Lipinski definition) is 4. The van der Waals surface area contributed by atoms with Gasteiger partial charge in [0, 0.05) is 0 Å². The van der Waals surface area contributed by atoms with E-state index in [1.54, 1.807) is 4.90 Å². The number of anilines is 1. The Labute approximate surface area is 188 Å². The first-order valence-electron chi connectivity index (χ1n) is 10.7. The van der Waals surface area contributed by atoms with E-state index < -0.39 is 18.0 Å². The Kier molecular flexibility index (Phi) is 6.52. The summed E-state index contributed by atoms with van der Waals surface area (Å²) in [7, 11) is 0. The van der Waals surface area contributed by atoms with Crippen LogP contribution in [0.5, 0.6) is 5.75 Å². The van der Waals surface area contributed by atoms with Gasteiger partial charge in [0.05, 0.1) is 18.3 Å². The zero-order chi connectivity index (χ0) is 22.5. The van der Waals surface area contributed by atoms with E-state index in [9.17, 15) is 9.59 Å². The summed E-state index contributed by atoms with van der Waals surface area (Å²) < 4.78 is 5.97. The first-order chi connectivity index (χ1) is 15.5. The van der Waals surface area contributed by atoms with Crippen molar-refractivity contribution in [3.05, 3.63) is 95.6 Å². The zero-order valence-electron chi connectivity index (χ0n) is 18.0. The molecule has 0 aromatic heterocycles. The van der Waals surface area contributed by atoms with E-state index >= 15 is 0 Å². The van der Waals surface area contributed by atoms with Crippen LogP contribution in [-0.2, 0) is 22.6 Å². The molecule has 1 heterocycles. The Morgan fingerprint density at radius 3 is 2.44 bits per heavy atom. The number of benzene rings is 3. The highest BCUT2D eigenvalue weighted by Gasteiger charge is 2.34. The molecule has 0 fully saturated rings. The smallest absolute Gasteiger partial charge is 0.248 e. The predicted octanol–water partition coefficient (Wildman–Crippen LogP) is 2.98. The molecule has 0 radical (unpaired) electrons. The highest BCUT2D eigenvalue weighted by atomic mass is 16.5. The molecule has 0 spiro atoms. The standard InChI is InChI=1S/C26H27N3O3/c1-18-11-13-20(14-12-18)16-29-23-9-5-6-10-24(23)32-17-22(26(29)31)28-21(25(27)30)15-19-7-3-2-4-8-19/h2-14,21-22,28H,15-17H2,1H3,(H2,27,30)/t21-,22?/m0/s1. The fourth-order valence-electron chi connectivity index (χ4n) is 3.85. The summed E-state index contributed by atoms with van der Waals surface area (Å²) in [6.45, 7) is 2.54. The van der Waals surface area contributed by atoms with Crippen LogP contribution in [0.1, 0.15) is 16.7 Å². The summed E-state index contributed by atoms with van der Waals surface area (Å²) in [5.74, 6) is -0.0284. The van der Waals surface area contributed by atoms with Gasteiger partial charge in [-0.1, -0.05) is 72.3 Å². The molecular formula is C26H27N3O3. The fourth-order valence-corrected chi connectivity index (χ4v) is 3.85. The first-order valence-corrected chi connectivity index (χ1v) is 10.7. The molecule has 0 aliphatic carbocycles. The summed E-state index contributed by atoms with van der Waals surface area (Å²) in [6, 6.07) is 23.8. The molecule has 1 aliphatic heterocycles. The van der Waals surface area contributed by atoms with Crippen molar-refractivity contribution >= 4 is 17.5 Å². The van der Waals surface area contributed by atoms with Gasteiger partial charge in [-0.25, -0.2) is 0 Å². The van der Waals surface area contributed by atoms with Gasteiger partial charge in [0.25, 0.3) is 0 Å². The summed E-state index contributed by atoms with van der Waals surface area (Å²) in [6.07, 6.45) is 0.394. The number of nitrogens with two attached hydrogens (primary N) is 1. The monoisotopic (exact) mass is 429 g/mol. The molecule has 32 heavy (non-hydrogen) atoms.